The molecule has 0 unspecified atom stereocenters. The summed E-state index contributed by atoms with van der Waals surface area (Å²) in [4.78, 5) is 0. The third kappa shape index (κ3) is 2.93. The molecule has 0 amide bonds. The first kappa shape index (κ1) is 14.0. The van der Waals surface area contributed by atoms with Crippen molar-refractivity contribution >= 4 is 17.8 Å². The normalized spacial score (nSPS) is 11.0. The molecule has 20 heavy (non-hydrogen) atoms. The number of nitrogen functional groups attached to an aromatic ring is 1. The quantitative estimate of drug-likeness (QED) is 0.526. The molecular formula is C15H12F3NO. The van der Waals surface area contributed by atoms with Gasteiger partial charge in [-0.05, 0) is 35.4 Å². The average Bonchev–Trinajstić information content (AvgIpc) is 2.43. The zero-order valence-electron chi connectivity index (χ0n) is 10.7. The summed E-state index contributed by atoms with van der Waals surface area (Å²) in [5.74, 6) is -3.33. The SMILES string of the molecule is COc1ccc(/C=C/c2cc(F)c(F)c(F)c2)c(N)c1. The minimum Gasteiger partial charge on any atom is -0.497 e. The topological polar surface area (TPSA) is 35.2 Å². The van der Waals surface area contributed by atoms with E-state index >= 15 is 0 Å². The number of nitrogens with two attached hydrogens (primary N) is 1. The van der Waals surface area contributed by atoms with Crippen LogP contribution < -0.4 is 10.5 Å². The second kappa shape index (κ2) is 5.69. The van der Waals surface area contributed by atoms with Crippen LogP contribution in [0.15, 0.2) is 30.3 Å². The van der Waals surface area contributed by atoms with Crippen molar-refractivity contribution in [2.45, 2.75) is 0 Å². The highest BCUT2D eigenvalue weighted by molar-refractivity contribution is 5.76. The number of ether oxygens (including phenoxy) is 1. The van der Waals surface area contributed by atoms with Crippen molar-refractivity contribution in [2.75, 3.05) is 12.8 Å². The smallest absolute Gasteiger partial charge is 0.194 e. The zero-order valence-corrected chi connectivity index (χ0v) is 10.7. The Hall–Kier alpha value is -2.43. The molecule has 0 bridgehead atoms. The highest BCUT2D eigenvalue weighted by Gasteiger charge is 2.09. The molecule has 2 aromatic carbocycles. The fourth-order valence-corrected chi connectivity index (χ4v) is 1.69. The van der Waals surface area contributed by atoms with Gasteiger partial charge in [-0.15, -0.1) is 0 Å². The molecule has 0 saturated heterocycles. The molecule has 0 spiro atoms. The van der Waals surface area contributed by atoms with Gasteiger partial charge in [-0.25, -0.2) is 13.2 Å². The lowest BCUT2D eigenvalue weighted by atomic mass is 10.1. The lowest BCUT2D eigenvalue weighted by Crippen LogP contribution is -1.92. The van der Waals surface area contributed by atoms with Gasteiger partial charge in [-0.2, -0.15) is 0 Å². The van der Waals surface area contributed by atoms with Crippen LogP contribution in [-0.2, 0) is 0 Å². The Morgan fingerprint density at radius 3 is 2.20 bits per heavy atom. The standard InChI is InChI=1S/C15H12F3NO/c1-20-11-5-4-10(14(19)8-11)3-2-9-6-12(16)15(18)13(17)7-9/h2-8H,19H2,1H3/b3-2+. The molecule has 0 aliphatic carbocycles. The molecule has 2 nitrogen and oxygen atoms in total. The van der Waals surface area contributed by atoms with E-state index in [2.05, 4.69) is 0 Å². The molecule has 0 radical (unpaired) electrons. The molecule has 5 heteroatoms. The summed E-state index contributed by atoms with van der Waals surface area (Å²) in [6.07, 6.45) is 3.03. The van der Waals surface area contributed by atoms with Gasteiger partial charge < -0.3 is 10.5 Å². The number of rotatable bonds is 3. The van der Waals surface area contributed by atoms with Crippen molar-refractivity contribution in [1.29, 1.82) is 0 Å². The van der Waals surface area contributed by atoms with Crippen LogP contribution in [0.25, 0.3) is 12.2 Å². The maximum absolute atomic E-state index is 13.1. The third-order valence-corrected chi connectivity index (χ3v) is 2.76. The van der Waals surface area contributed by atoms with Crippen molar-refractivity contribution in [3.8, 4) is 5.75 Å². The lowest BCUT2D eigenvalue weighted by Gasteiger charge is -2.04. The predicted molar refractivity (Wildman–Crippen MR) is 72.7 cm³/mol. The highest BCUT2D eigenvalue weighted by atomic mass is 19.2. The molecule has 0 atom stereocenters. The van der Waals surface area contributed by atoms with Gasteiger partial charge in [0.1, 0.15) is 5.75 Å². The molecule has 0 aromatic heterocycles. The molecule has 2 rings (SSSR count). The van der Waals surface area contributed by atoms with Gasteiger partial charge in [-0.3, -0.25) is 0 Å². The van der Waals surface area contributed by atoms with Crippen LogP contribution in [0.3, 0.4) is 0 Å². The molecule has 2 aromatic rings. The fourth-order valence-electron chi connectivity index (χ4n) is 1.69. The average molecular weight is 279 g/mol. The van der Waals surface area contributed by atoms with E-state index < -0.39 is 17.5 Å². The van der Waals surface area contributed by atoms with Gasteiger partial charge >= 0.3 is 0 Å². The van der Waals surface area contributed by atoms with Crippen LogP contribution in [0.2, 0.25) is 0 Å². The Balaban J connectivity index is 2.30. The van der Waals surface area contributed by atoms with Crippen LogP contribution in [0.4, 0.5) is 18.9 Å². The highest BCUT2D eigenvalue weighted by Crippen LogP contribution is 2.22. The van der Waals surface area contributed by atoms with E-state index in [0.29, 0.717) is 17.0 Å². The summed E-state index contributed by atoms with van der Waals surface area (Å²) in [6.45, 7) is 0. The van der Waals surface area contributed by atoms with Gasteiger partial charge in [-0.1, -0.05) is 12.2 Å². The Kier molecular flexibility index (Phi) is 3.98. The Bertz CT molecular complexity index is 645. The summed E-state index contributed by atoms with van der Waals surface area (Å²) in [6, 6.07) is 6.87. The van der Waals surface area contributed by atoms with Gasteiger partial charge in [0.25, 0.3) is 0 Å². The van der Waals surface area contributed by atoms with E-state index in [9.17, 15) is 13.2 Å². The van der Waals surface area contributed by atoms with Crippen LogP contribution in [0.5, 0.6) is 5.75 Å². The Morgan fingerprint density at radius 2 is 1.65 bits per heavy atom. The molecule has 0 aliphatic heterocycles. The molecule has 0 saturated carbocycles. The molecule has 0 aliphatic rings. The van der Waals surface area contributed by atoms with Crippen LogP contribution >= 0.6 is 0 Å². The Labute approximate surface area is 114 Å². The van der Waals surface area contributed by atoms with Crippen LogP contribution in [-0.4, -0.2) is 7.11 Å². The number of hydrogen-bond donors (Lipinski definition) is 1. The summed E-state index contributed by atoms with van der Waals surface area (Å²) < 4.78 is 43.9. The van der Waals surface area contributed by atoms with E-state index in [4.69, 9.17) is 10.5 Å². The van der Waals surface area contributed by atoms with Gasteiger partial charge in [0, 0.05) is 11.8 Å². The van der Waals surface area contributed by atoms with Crippen molar-refractivity contribution in [1.82, 2.24) is 0 Å². The van der Waals surface area contributed by atoms with Crippen LogP contribution in [0, 0.1) is 17.5 Å². The molecular weight excluding hydrogens is 267 g/mol. The van der Waals surface area contributed by atoms with Gasteiger partial charge in [0.15, 0.2) is 17.5 Å². The van der Waals surface area contributed by atoms with Gasteiger partial charge in [0.05, 0.1) is 7.11 Å². The monoisotopic (exact) mass is 279 g/mol. The van der Waals surface area contributed by atoms with E-state index in [0.717, 1.165) is 12.1 Å². The van der Waals surface area contributed by atoms with E-state index in [1.807, 2.05) is 0 Å². The lowest BCUT2D eigenvalue weighted by molar-refractivity contribution is 0.415. The van der Waals surface area contributed by atoms with Crippen molar-refractivity contribution in [2.24, 2.45) is 0 Å². The molecule has 104 valence electrons. The number of halogens is 3. The number of methoxy groups -OCH3 is 1. The zero-order chi connectivity index (χ0) is 14.7. The third-order valence-electron chi connectivity index (χ3n) is 2.76. The van der Waals surface area contributed by atoms with Crippen molar-refractivity contribution < 1.29 is 17.9 Å². The first-order valence-corrected chi connectivity index (χ1v) is 5.77. The summed E-state index contributed by atoms with van der Waals surface area (Å²) in [7, 11) is 1.52. The summed E-state index contributed by atoms with van der Waals surface area (Å²) in [5.41, 5.74) is 7.14. The predicted octanol–water partition coefficient (Wildman–Crippen LogP) is 3.87. The largest absolute Gasteiger partial charge is 0.497 e. The molecule has 0 fully saturated rings. The fraction of sp³-hybridized carbons (Fsp3) is 0.0667. The van der Waals surface area contributed by atoms with Crippen LogP contribution in [0.1, 0.15) is 11.1 Å². The first-order valence-electron chi connectivity index (χ1n) is 5.77. The Morgan fingerprint density at radius 1 is 1.00 bits per heavy atom. The summed E-state index contributed by atoms with van der Waals surface area (Å²) in [5, 5.41) is 0. The number of hydrogen-bond acceptors (Lipinski definition) is 2. The molecule has 0 heterocycles. The number of benzene rings is 2. The first-order chi connectivity index (χ1) is 9.51. The van der Waals surface area contributed by atoms with Crippen molar-refractivity contribution in [3.63, 3.8) is 0 Å². The van der Waals surface area contributed by atoms with Crippen molar-refractivity contribution in [3.05, 3.63) is 58.9 Å². The summed E-state index contributed by atoms with van der Waals surface area (Å²) >= 11 is 0. The van der Waals surface area contributed by atoms with Gasteiger partial charge in [0.2, 0.25) is 0 Å². The molecule has 2 N–H and O–H groups in total. The minimum atomic E-state index is -1.48. The maximum atomic E-state index is 13.1. The van der Waals surface area contributed by atoms with E-state index in [-0.39, 0.29) is 5.56 Å². The van der Waals surface area contributed by atoms with E-state index in [1.54, 1.807) is 24.3 Å². The number of anilines is 1. The second-order valence-electron chi connectivity index (χ2n) is 4.13. The minimum absolute atomic E-state index is 0.205. The maximum Gasteiger partial charge on any atom is 0.194 e. The van der Waals surface area contributed by atoms with E-state index in [1.165, 1.54) is 13.2 Å². The second-order valence-corrected chi connectivity index (χ2v) is 4.13.